The lowest BCUT2D eigenvalue weighted by atomic mass is 9.99. The molecule has 0 aromatic carbocycles. The Kier molecular flexibility index (Phi) is 3.71. The molecule has 108 valence electrons. The molecule has 19 heavy (non-hydrogen) atoms. The Hall–Kier alpha value is -0.380. The van der Waals surface area contributed by atoms with Crippen molar-refractivity contribution < 1.29 is 24.8 Å². The van der Waals surface area contributed by atoms with Gasteiger partial charge < -0.3 is 29.7 Å². The quantitative estimate of drug-likeness (QED) is 0.554. The van der Waals surface area contributed by atoms with Gasteiger partial charge in [0, 0.05) is 20.2 Å². The van der Waals surface area contributed by atoms with Crippen LogP contribution in [-0.4, -0.2) is 88.1 Å². The predicted molar refractivity (Wildman–Crippen MR) is 68.9 cm³/mol. The number of ether oxygens (including phenoxy) is 2. The molecule has 2 fully saturated rings. The summed E-state index contributed by atoms with van der Waals surface area (Å²) >= 11 is 1.43. The van der Waals surface area contributed by atoms with Crippen molar-refractivity contribution in [1.29, 1.82) is 0 Å². The van der Waals surface area contributed by atoms with Gasteiger partial charge in [-0.25, -0.2) is 0 Å². The minimum atomic E-state index is -1.10. The van der Waals surface area contributed by atoms with Crippen LogP contribution in [0.3, 0.4) is 0 Å². The van der Waals surface area contributed by atoms with Gasteiger partial charge in [-0.1, -0.05) is 11.8 Å². The predicted octanol–water partition coefficient (Wildman–Crippen LogP) is -1.77. The van der Waals surface area contributed by atoms with Gasteiger partial charge in [-0.3, -0.25) is 4.99 Å². The van der Waals surface area contributed by atoms with Crippen molar-refractivity contribution in [2.24, 2.45) is 4.99 Å². The average molecular weight is 290 g/mol. The van der Waals surface area contributed by atoms with E-state index in [0.717, 1.165) is 18.3 Å². The number of fused-ring (bicyclic) bond motifs is 1. The molecule has 2 saturated heterocycles. The fourth-order valence-electron chi connectivity index (χ4n) is 2.46. The molecule has 3 aliphatic heterocycles. The molecular weight excluding hydrogens is 272 g/mol. The number of likely N-dealkylation sites (tertiary alicyclic amines) is 1. The minimum Gasteiger partial charge on any atom is -0.394 e. The highest BCUT2D eigenvalue weighted by Gasteiger charge is 2.49. The number of rotatable bonds is 2. The second kappa shape index (κ2) is 5.19. The number of amidine groups is 1. The smallest absolute Gasteiger partial charge is 0.162 e. The van der Waals surface area contributed by atoms with Gasteiger partial charge in [0.15, 0.2) is 5.17 Å². The van der Waals surface area contributed by atoms with E-state index in [1.54, 1.807) is 7.11 Å². The molecule has 0 radical (unpaired) electrons. The normalized spacial score (nSPS) is 42.8. The van der Waals surface area contributed by atoms with Crippen LogP contribution in [0.1, 0.15) is 0 Å². The molecular formula is C11H18N2O5S. The van der Waals surface area contributed by atoms with Gasteiger partial charge >= 0.3 is 0 Å². The van der Waals surface area contributed by atoms with E-state index in [4.69, 9.17) is 14.6 Å². The highest BCUT2D eigenvalue weighted by Crippen LogP contribution is 2.38. The summed E-state index contributed by atoms with van der Waals surface area (Å²) in [4.78, 5) is 6.50. The zero-order valence-electron chi connectivity index (χ0n) is 10.5. The maximum absolute atomic E-state index is 10.0. The van der Waals surface area contributed by atoms with Crippen molar-refractivity contribution in [1.82, 2.24) is 4.90 Å². The van der Waals surface area contributed by atoms with Gasteiger partial charge in [-0.15, -0.1) is 0 Å². The summed E-state index contributed by atoms with van der Waals surface area (Å²) in [6, 6.07) is -0.473. The number of nitrogens with zero attached hydrogens (tertiary/aromatic N) is 2. The van der Waals surface area contributed by atoms with Gasteiger partial charge in [-0.05, 0) is 0 Å². The van der Waals surface area contributed by atoms with E-state index in [0.29, 0.717) is 0 Å². The standard InChI is InChI=1S/C11H18N2O5S/c1-17-5-2-13(3-5)11-12-7-9(16)8(15)6(4-14)18-10(7)19-11/h5-10,14-16H,2-4H2,1H3/t6-,7-,8?,9-,10-/m1/s1. The number of thioether (sulfide) groups is 1. The number of aliphatic hydroxyl groups is 3. The molecule has 3 heterocycles. The molecule has 5 atom stereocenters. The Labute approximate surface area is 115 Å². The van der Waals surface area contributed by atoms with E-state index in [2.05, 4.69) is 9.89 Å². The fraction of sp³-hybridized carbons (Fsp3) is 0.909. The summed E-state index contributed by atoms with van der Waals surface area (Å²) in [7, 11) is 1.68. The zero-order valence-corrected chi connectivity index (χ0v) is 11.4. The van der Waals surface area contributed by atoms with Crippen LogP contribution in [0.25, 0.3) is 0 Å². The lowest BCUT2D eigenvalue weighted by Crippen LogP contribution is -2.55. The van der Waals surface area contributed by atoms with Gasteiger partial charge in [0.2, 0.25) is 0 Å². The third kappa shape index (κ3) is 2.26. The van der Waals surface area contributed by atoms with E-state index in [1.165, 1.54) is 11.8 Å². The summed E-state index contributed by atoms with van der Waals surface area (Å²) in [5.74, 6) is 0. The molecule has 0 bridgehead atoms. The maximum Gasteiger partial charge on any atom is 0.162 e. The largest absolute Gasteiger partial charge is 0.394 e. The SMILES string of the molecule is COC1CN(C2=N[C@H]3[C@H](O[C@H](CO)C(O)[C@@H]3O)S2)C1. The van der Waals surface area contributed by atoms with E-state index in [9.17, 15) is 10.2 Å². The van der Waals surface area contributed by atoms with Crippen molar-refractivity contribution in [3.05, 3.63) is 0 Å². The molecule has 3 N–H and O–H groups in total. The molecule has 3 aliphatic rings. The Balaban J connectivity index is 1.66. The van der Waals surface area contributed by atoms with E-state index >= 15 is 0 Å². The Morgan fingerprint density at radius 1 is 1.42 bits per heavy atom. The highest BCUT2D eigenvalue weighted by molar-refractivity contribution is 8.14. The number of aliphatic imine (C=N–C) groups is 1. The van der Waals surface area contributed by atoms with Gasteiger partial charge in [-0.2, -0.15) is 0 Å². The van der Waals surface area contributed by atoms with Crippen molar-refractivity contribution >= 4 is 16.9 Å². The van der Waals surface area contributed by atoms with Crippen LogP contribution in [0.5, 0.6) is 0 Å². The summed E-state index contributed by atoms with van der Waals surface area (Å²) < 4.78 is 10.8. The van der Waals surface area contributed by atoms with Crippen molar-refractivity contribution in [2.75, 3.05) is 26.8 Å². The summed E-state index contributed by atoms with van der Waals surface area (Å²) in [6.07, 6.45) is -2.62. The summed E-state index contributed by atoms with van der Waals surface area (Å²) in [5.41, 5.74) is -0.341. The first kappa shape index (κ1) is 13.6. The Morgan fingerprint density at radius 3 is 2.79 bits per heavy atom. The van der Waals surface area contributed by atoms with Crippen LogP contribution < -0.4 is 0 Å². The molecule has 0 amide bonds. The van der Waals surface area contributed by atoms with E-state index < -0.39 is 24.4 Å². The van der Waals surface area contributed by atoms with Crippen molar-refractivity contribution in [2.45, 2.75) is 35.9 Å². The zero-order chi connectivity index (χ0) is 13.6. The lowest BCUT2D eigenvalue weighted by molar-refractivity contribution is -0.164. The maximum atomic E-state index is 10.0. The number of methoxy groups -OCH3 is 1. The molecule has 0 spiro atoms. The Bertz CT molecular complexity index is 376. The Morgan fingerprint density at radius 2 is 2.16 bits per heavy atom. The molecule has 8 heteroatoms. The highest BCUT2D eigenvalue weighted by atomic mass is 32.2. The first-order chi connectivity index (χ1) is 9.13. The molecule has 1 unspecified atom stereocenters. The van der Waals surface area contributed by atoms with Crippen LogP contribution in [0.2, 0.25) is 0 Å². The second-order valence-corrected chi connectivity index (χ2v) is 6.05. The van der Waals surface area contributed by atoms with Gasteiger partial charge in [0.05, 0.1) is 12.7 Å². The van der Waals surface area contributed by atoms with Crippen molar-refractivity contribution in [3.8, 4) is 0 Å². The molecule has 0 aliphatic carbocycles. The number of hydrogen-bond donors (Lipinski definition) is 3. The number of hydrogen-bond acceptors (Lipinski definition) is 8. The molecule has 0 aromatic rings. The van der Waals surface area contributed by atoms with E-state index in [1.807, 2.05) is 0 Å². The van der Waals surface area contributed by atoms with Crippen LogP contribution in [-0.2, 0) is 9.47 Å². The second-order valence-electron chi connectivity index (χ2n) is 4.99. The first-order valence-corrected chi connectivity index (χ1v) is 7.16. The first-order valence-electron chi connectivity index (χ1n) is 6.28. The van der Waals surface area contributed by atoms with Crippen LogP contribution >= 0.6 is 11.8 Å². The molecule has 0 saturated carbocycles. The van der Waals surface area contributed by atoms with E-state index in [-0.39, 0.29) is 18.1 Å². The third-order valence-corrected chi connectivity index (χ3v) is 4.98. The van der Waals surface area contributed by atoms with Crippen LogP contribution in [0, 0.1) is 0 Å². The van der Waals surface area contributed by atoms with Gasteiger partial charge in [0.25, 0.3) is 0 Å². The van der Waals surface area contributed by atoms with Gasteiger partial charge in [0.1, 0.15) is 29.8 Å². The van der Waals surface area contributed by atoms with Crippen LogP contribution in [0.4, 0.5) is 0 Å². The molecule has 3 rings (SSSR count). The van der Waals surface area contributed by atoms with Crippen molar-refractivity contribution in [3.63, 3.8) is 0 Å². The third-order valence-electron chi connectivity index (χ3n) is 3.78. The monoisotopic (exact) mass is 290 g/mol. The average Bonchev–Trinajstić information content (AvgIpc) is 2.76. The topological polar surface area (TPSA) is 94.8 Å². The summed E-state index contributed by atoms with van der Waals surface area (Å²) in [6.45, 7) is 1.25. The number of aliphatic hydroxyl groups excluding tert-OH is 3. The van der Waals surface area contributed by atoms with Crippen LogP contribution in [0.15, 0.2) is 4.99 Å². The fourth-order valence-corrected chi connectivity index (χ4v) is 3.71. The summed E-state index contributed by atoms with van der Waals surface area (Å²) in [5, 5.41) is 29.8. The lowest BCUT2D eigenvalue weighted by Gasteiger charge is -2.39. The molecule has 7 nitrogen and oxygen atoms in total. The molecule has 0 aromatic heterocycles. The minimum absolute atomic E-state index is 0.229.